The molecule has 0 aromatic heterocycles. The molecule has 3 nitrogen and oxygen atoms in total. The molecule has 0 amide bonds. The summed E-state index contributed by atoms with van der Waals surface area (Å²) < 4.78 is 0. The molecule has 3 N–H and O–H groups in total. The van der Waals surface area contributed by atoms with Crippen molar-refractivity contribution in [1.29, 1.82) is 0 Å². The van der Waals surface area contributed by atoms with Gasteiger partial charge >= 0.3 is 0 Å². The van der Waals surface area contributed by atoms with Gasteiger partial charge < -0.3 is 5.73 Å². The van der Waals surface area contributed by atoms with Crippen LogP contribution in [0.1, 0.15) is 19.8 Å². The summed E-state index contributed by atoms with van der Waals surface area (Å²) in [7, 11) is 4.02. The van der Waals surface area contributed by atoms with E-state index in [0.29, 0.717) is 0 Å². The van der Waals surface area contributed by atoms with Gasteiger partial charge in [0.25, 0.3) is 0 Å². The van der Waals surface area contributed by atoms with E-state index < -0.39 is 0 Å². The quantitative estimate of drug-likeness (QED) is 0.572. The zero-order chi connectivity index (χ0) is 8.48. The maximum absolute atomic E-state index is 5.71. The lowest BCUT2D eigenvalue weighted by atomic mass is 9.97. The van der Waals surface area contributed by atoms with Crippen LogP contribution < -0.4 is 11.2 Å². The first-order valence-electron chi connectivity index (χ1n) is 4.24. The van der Waals surface area contributed by atoms with E-state index in [0.717, 1.165) is 12.5 Å². The van der Waals surface area contributed by atoms with Gasteiger partial charge in [0.15, 0.2) is 0 Å². The highest BCUT2D eigenvalue weighted by Crippen LogP contribution is 2.38. The summed E-state index contributed by atoms with van der Waals surface area (Å²) in [4.78, 5) is 0. The first-order chi connectivity index (χ1) is 5.08. The standard InChI is InChI=1S/C8H19N3/c1-8(6-9,7-4-5-7)10-11(2)3/h7,10H,4-6,9H2,1-3H3. The van der Waals surface area contributed by atoms with E-state index in [1.165, 1.54) is 12.8 Å². The molecule has 0 saturated heterocycles. The summed E-state index contributed by atoms with van der Waals surface area (Å²) in [6, 6.07) is 0. The Labute approximate surface area is 68.9 Å². The lowest BCUT2D eigenvalue weighted by Crippen LogP contribution is -2.55. The maximum atomic E-state index is 5.71. The van der Waals surface area contributed by atoms with Crippen molar-refractivity contribution in [3.63, 3.8) is 0 Å². The summed E-state index contributed by atoms with van der Waals surface area (Å²) in [5.41, 5.74) is 9.21. The fourth-order valence-electron chi connectivity index (χ4n) is 1.53. The second-order valence-corrected chi connectivity index (χ2v) is 3.90. The molecule has 1 atom stereocenters. The second kappa shape index (κ2) is 3.09. The minimum atomic E-state index is 0.128. The molecular formula is C8H19N3. The zero-order valence-corrected chi connectivity index (χ0v) is 7.72. The second-order valence-electron chi connectivity index (χ2n) is 3.90. The van der Waals surface area contributed by atoms with E-state index in [9.17, 15) is 0 Å². The predicted molar refractivity (Wildman–Crippen MR) is 47.0 cm³/mol. The van der Waals surface area contributed by atoms with Crippen LogP contribution in [0.25, 0.3) is 0 Å². The lowest BCUT2D eigenvalue weighted by Gasteiger charge is -2.32. The van der Waals surface area contributed by atoms with Crippen molar-refractivity contribution >= 4 is 0 Å². The molecule has 0 bridgehead atoms. The highest BCUT2D eigenvalue weighted by molar-refractivity contribution is 4.97. The molecule has 1 aliphatic rings. The van der Waals surface area contributed by atoms with E-state index in [-0.39, 0.29) is 5.54 Å². The van der Waals surface area contributed by atoms with E-state index in [1.807, 2.05) is 19.1 Å². The molecule has 1 fully saturated rings. The molecule has 1 unspecified atom stereocenters. The number of hydrogen-bond acceptors (Lipinski definition) is 3. The minimum absolute atomic E-state index is 0.128. The van der Waals surface area contributed by atoms with Gasteiger partial charge in [0, 0.05) is 26.2 Å². The number of nitrogens with zero attached hydrogens (tertiary/aromatic N) is 1. The molecule has 0 spiro atoms. The Morgan fingerprint density at radius 1 is 1.55 bits per heavy atom. The third kappa shape index (κ3) is 2.15. The van der Waals surface area contributed by atoms with Crippen molar-refractivity contribution < 1.29 is 0 Å². The number of hydrazine groups is 1. The largest absolute Gasteiger partial charge is 0.329 e. The number of nitrogens with one attached hydrogen (secondary N) is 1. The topological polar surface area (TPSA) is 41.3 Å². The number of nitrogens with two attached hydrogens (primary N) is 1. The third-order valence-corrected chi connectivity index (χ3v) is 2.38. The van der Waals surface area contributed by atoms with Gasteiger partial charge in [0.2, 0.25) is 0 Å². The van der Waals surface area contributed by atoms with E-state index >= 15 is 0 Å². The van der Waals surface area contributed by atoms with Gasteiger partial charge in [-0.05, 0) is 25.7 Å². The fraction of sp³-hybridized carbons (Fsp3) is 1.00. The smallest absolute Gasteiger partial charge is 0.0447 e. The van der Waals surface area contributed by atoms with Crippen LogP contribution in [0.5, 0.6) is 0 Å². The lowest BCUT2D eigenvalue weighted by molar-refractivity contribution is 0.157. The first-order valence-corrected chi connectivity index (χ1v) is 4.24. The van der Waals surface area contributed by atoms with Gasteiger partial charge in [-0.15, -0.1) is 0 Å². The highest BCUT2D eigenvalue weighted by atomic mass is 15.5. The molecule has 0 aromatic carbocycles. The van der Waals surface area contributed by atoms with Crippen LogP contribution in [-0.4, -0.2) is 31.2 Å². The van der Waals surface area contributed by atoms with Crippen LogP contribution in [0.2, 0.25) is 0 Å². The van der Waals surface area contributed by atoms with Crippen molar-refractivity contribution in [2.24, 2.45) is 11.7 Å². The Kier molecular flexibility index (Phi) is 2.52. The molecule has 0 aliphatic heterocycles. The molecule has 1 saturated carbocycles. The zero-order valence-electron chi connectivity index (χ0n) is 7.72. The van der Waals surface area contributed by atoms with Gasteiger partial charge in [-0.1, -0.05) is 0 Å². The Bertz CT molecular complexity index is 131. The Hall–Kier alpha value is -0.120. The molecule has 3 heteroatoms. The Morgan fingerprint density at radius 3 is 2.36 bits per heavy atom. The summed E-state index contributed by atoms with van der Waals surface area (Å²) in [6.07, 6.45) is 2.66. The average Bonchev–Trinajstić information content (AvgIpc) is 2.66. The van der Waals surface area contributed by atoms with Crippen LogP contribution in [0, 0.1) is 5.92 Å². The molecule has 0 aromatic rings. The summed E-state index contributed by atoms with van der Waals surface area (Å²) in [6.45, 7) is 2.92. The minimum Gasteiger partial charge on any atom is -0.329 e. The van der Waals surface area contributed by atoms with Crippen LogP contribution in [0.3, 0.4) is 0 Å². The normalized spacial score (nSPS) is 23.7. The van der Waals surface area contributed by atoms with Crippen LogP contribution in [0.15, 0.2) is 0 Å². The summed E-state index contributed by atoms with van der Waals surface area (Å²) in [5, 5.41) is 1.99. The van der Waals surface area contributed by atoms with Gasteiger partial charge in [0.05, 0.1) is 0 Å². The van der Waals surface area contributed by atoms with E-state index in [4.69, 9.17) is 5.73 Å². The first kappa shape index (κ1) is 8.97. The van der Waals surface area contributed by atoms with Crippen molar-refractivity contribution in [2.75, 3.05) is 20.6 Å². The van der Waals surface area contributed by atoms with Gasteiger partial charge in [-0.25, -0.2) is 5.43 Å². The van der Waals surface area contributed by atoms with Crippen LogP contribution in [0.4, 0.5) is 0 Å². The molecular weight excluding hydrogens is 138 g/mol. The van der Waals surface area contributed by atoms with Crippen LogP contribution in [-0.2, 0) is 0 Å². The SMILES string of the molecule is CN(C)NC(C)(CN)C1CC1. The van der Waals surface area contributed by atoms with Gasteiger partial charge in [-0.3, -0.25) is 5.01 Å². The van der Waals surface area contributed by atoms with Gasteiger partial charge in [0.1, 0.15) is 0 Å². The van der Waals surface area contributed by atoms with Crippen molar-refractivity contribution in [1.82, 2.24) is 10.4 Å². The molecule has 66 valence electrons. The number of hydrogen-bond donors (Lipinski definition) is 2. The van der Waals surface area contributed by atoms with E-state index in [1.54, 1.807) is 0 Å². The van der Waals surface area contributed by atoms with Crippen LogP contribution >= 0.6 is 0 Å². The van der Waals surface area contributed by atoms with E-state index in [2.05, 4.69) is 12.3 Å². The molecule has 1 aliphatic carbocycles. The Morgan fingerprint density at radius 2 is 2.09 bits per heavy atom. The highest BCUT2D eigenvalue weighted by Gasteiger charge is 2.40. The molecule has 0 radical (unpaired) electrons. The maximum Gasteiger partial charge on any atom is 0.0447 e. The molecule has 0 heterocycles. The summed E-state index contributed by atoms with van der Waals surface area (Å²) >= 11 is 0. The molecule has 1 rings (SSSR count). The number of rotatable bonds is 4. The monoisotopic (exact) mass is 157 g/mol. The van der Waals surface area contributed by atoms with Crippen molar-refractivity contribution in [3.05, 3.63) is 0 Å². The van der Waals surface area contributed by atoms with Gasteiger partial charge in [-0.2, -0.15) is 0 Å². The predicted octanol–water partition coefficient (Wildman–Crippen LogP) is 0.180. The summed E-state index contributed by atoms with van der Waals surface area (Å²) in [5.74, 6) is 0.787. The third-order valence-electron chi connectivity index (χ3n) is 2.38. The van der Waals surface area contributed by atoms with Crippen molar-refractivity contribution in [2.45, 2.75) is 25.3 Å². The molecule has 11 heavy (non-hydrogen) atoms. The van der Waals surface area contributed by atoms with Crippen molar-refractivity contribution in [3.8, 4) is 0 Å². The Balaban J connectivity index is 2.44. The average molecular weight is 157 g/mol. The fourth-order valence-corrected chi connectivity index (χ4v) is 1.53.